The first kappa shape index (κ1) is 34.4. The topological polar surface area (TPSA) is 98.3 Å². The molecule has 0 radical (unpaired) electrons. The van der Waals surface area contributed by atoms with Crippen LogP contribution in [0.4, 0.5) is 37.5 Å². The van der Waals surface area contributed by atoms with Gasteiger partial charge in [-0.3, -0.25) is 19.4 Å². The van der Waals surface area contributed by atoms with Crippen LogP contribution in [0.2, 0.25) is 5.02 Å². The van der Waals surface area contributed by atoms with Crippen molar-refractivity contribution in [2.45, 2.75) is 56.7 Å². The number of anilines is 5. The second-order valence-corrected chi connectivity index (χ2v) is 13.6. The first-order valence-electron chi connectivity index (χ1n) is 17.4. The van der Waals surface area contributed by atoms with E-state index >= 15 is 0 Å². The van der Waals surface area contributed by atoms with E-state index in [-0.39, 0.29) is 11.5 Å². The second-order valence-electron chi connectivity index (χ2n) is 13.3. The van der Waals surface area contributed by atoms with Gasteiger partial charge in [-0.1, -0.05) is 30.7 Å². The van der Waals surface area contributed by atoms with Gasteiger partial charge in [-0.25, -0.2) is 23.8 Å². The molecule has 1 aromatic heterocycles. The van der Waals surface area contributed by atoms with Crippen LogP contribution in [-0.4, -0.2) is 90.7 Å². The third-order valence-electron chi connectivity index (χ3n) is 10.5. The molecule has 266 valence electrons. The van der Waals surface area contributed by atoms with Crippen LogP contribution in [-0.2, 0) is 9.63 Å². The average Bonchev–Trinajstić information content (AvgIpc) is 3.60. The molecule has 14 heteroatoms. The highest BCUT2D eigenvalue weighted by molar-refractivity contribution is 6.31. The van der Waals surface area contributed by atoms with Crippen LogP contribution >= 0.6 is 11.6 Å². The van der Waals surface area contributed by atoms with E-state index in [0.29, 0.717) is 47.8 Å². The number of ether oxygens (including phenoxy) is 1. The van der Waals surface area contributed by atoms with Gasteiger partial charge < -0.3 is 20.3 Å². The summed E-state index contributed by atoms with van der Waals surface area (Å²) in [5, 5.41) is 7.20. The van der Waals surface area contributed by atoms with Crippen molar-refractivity contribution in [3.8, 4) is 5.75 Å². The Hall–Kier alpha value is -4.04. The van der Waals surface area contributed by atoms with E-state index in [9.17, 15) is 13.6 Å². The summed E-state index contributed by atoms with van der Waals surface area (Å²) in [6.07, 6.45) is 9.21. The summed E-state index contributed by atoms with van der Waals surface area (Å²) in [7, 11) is 1.60. The van der Waals surface area contributed by atoms with Crippen molar-refractivity contribution in [2.24, 2.45) is 0 Å². The largest absolute Gasteiger partial charge is 0.494 e. The van der Waals surface area contributed by atoms with Crippen molar-refractivity contribution in [1.29, 1.82) is 0 Å². The molecule has 1 saturated carbocycles. The molecule has 1 aliphatic carbocycles. The molecule has 4 aliphatic rings. The number of carbonyl (C=O) groups excluding carboxylic acids is 1. The first-order valence-corrected chi connectivity index (χ1v) is 17.7. The van der Waals surface area contributed by atoms with Gasteiger partial charge in [0.05, 0.1) is 36.8 Å². The SMILES string of the molecule is C=CC(=O)Nc1cc(Nc2cc(N3OCCC3c3ccc(F)c(Cl)c3F)ncn2)c(OC)cc1N1CCC(N2CCN(C3CCC3)CC2)CC1. The third-order valence-corrected chi connectivity index (χ3v) is 10.8. The van der Waals surface area contributed by atoms with Gasteiger partial charge in [0.15, 0.2) is 5.82 Å². The van der Waals surface area contributed by atoms with Gasteiger partial charge in [-0.2, -0.15) is 0 Å². The van der Waals surface area contributed by atoms with Gasteiger partial charge >= 0.3 is 0 Å². The standard InChI is InChI=1S/C36H43ClF2N8O3/c1-3-34(48)43-27-19-28(42-32-21-33(41-22-40-32)47-29(11-18-50-47)25-7-8-26(38)35(37)36(25)39)31(49-2)20-30(27)46-12-9-24(10-13-46)45-16-14-44(15-17-45)23-5-4-6-23/h3,7-8,19-24,29H,1,4-6,9-18H2,2H3,(H,43,48)(H,40,41,42). The van der Waals surface area contributed by atoms with Crippen LogP contribution in [0, 0.1) is 11.6 Å². The molecule has 11 nitrogen and oxygen atoms in total. The monoisotopic (exact) mass is 708 g/mol. The van der Waals surface area contributed by atoms with Crippen LogP contribution in [0.15, 0.2) is 49.3 Å². The molecular weight excluding hydrogens is 666 g/mol. The zero-order chi connectivity index (χ0) is 34.8. The lowest BCUT2D eigenvalue weighted by Gasteiger charge is -2.46. The number of piperidine rings is 1. The van der Waals surface area contributed by atoms with Crippen molar-refractivity contribution < 1.29 is 23.1 Å². The average molecular weight is 709 g/mol. The highest BCUT2D eigenvalue weighted by Gasteiger charge is 2.34. The molecule has 4 fully saturated rings. The summed E-state index contributed by atoms with van der Waals surface area (Å²) < 4.78 is 34.7. The lowest BCUT2D eigenvalue weighted by molar-refractivity contribution is -0.111. The Morgan fingerprint density at radius 1 is 0.980 bits per heavy atom. The Morgan fingerprint density at radius 3 is 2.36 bits per heavy atom. The van der Waals surface area contributed by atoms with Crippen LogP contribution in [0.25, 0.3) is 0 Å². The predicted octanol–water partition coefficient (Wildman–Crippen LogP) is 6.31. The number of rotatable bonds is 10. The number of hydrogen-bond acceptors (Lipinski definition) is 10. The first-order chi connectivity index (χ1) is 24.3. The van der Waals surface area contributed by atoms with E-state index < -0.39 is 22.7 Å². The minimum absolute atomic E-state index is 0.206. The smallest absolute Gasteiger partial charge is 0.247 e. The summed E-state index contributed by atoms with van der Waals surface area (Å²) in [4.78, 5) is 34.8. The predicted molar refractivity (Wildman–Crippen MR) is 190 cm³/mol. The van der Waals surface area contributed by atoms with Gasteiger partial charge in [-0.15, -0.1) is 0 Å². The number of benzene rings is 2. The van der Waals surface area contributed by atoms with Crippen molar-refractivity contribution in [3.05, 3.63) is 71.5 Å². The molecule has 2 N–H and O–H groups in total. The molecule has 2 aromatic carbocycles. The maximum absolute atomic E-state index is 15.0. The lowest BCUT2D eigenvalue weighted by Crippen LogP contribution is -2.56. The molecule has 3 aliphatic heterocycles. The van der Waals surface area contributed by atoms with Gasteiger partial charge in [0, 0.05) is 75.5 Å². The normalized spacial score (nSPS) is 20.8. The maximum atomic E-state index is 15.0. The molecule has 4 heterocycles. The molecule has 0 bridgehead atoms. The van der Waals surface area contributed by atoms with Crippen molar-refractivity contribution in [1.82, 2.24) is 19.8 Å². The number of nitrogens with zero attached hydrogens (tertiary/aromatic N) is 6. The van der Waals surface area contributed by atoms with E-state index in [1.165, 1.54) is 42.8 Å². The number of halogens is 3. The lowest BCUT2D eigenvalue weighted by atomic mass is 9.91. The number of nitrogens with one attached hydrogen (secondary N) is 2. The molecular formula is C36H43ClF2N8O3. The third kappa shape index (κ3) is 7.09. The Morgan fingerprint density at radius 2 is 1.70 bits per heavy atom. The molecule has 1 atom stereocenters. The van der Waals surface area contributed by atoms with Crippen molar-refractivity contribution >= 4 is 46.2 Å². The highest BCUT2D eigenvalue weighted by Crippen LogP contribution is 2.41. The minimum atomic E-state index is -0.829. The van der Waals surface area contributed by atoms with E-state index in [1.807, 2.05) is 12.1 Å². The fourth-order valence-corrected chi connectivity index (χ4v) is 7.69. The second kappa shape index (κ2) is 15.1. The summed E-state index contributed by atoms with van der Waals surface area (Å²) in [6.45, 7) is 10.2. The van der Waals surface area contributed by atoms with E-state index in [1.54, 1.807) is 13.2 Å². The quantitative estimate of drug-likeness (QED) is 0.184. The summed E-state index contributed by atoms with van der Waals surface area (Å²) >= 11 is 5.88. The zero-order valence-electron chi connectivity index (χ0n) is 28.2. The number of amides is 1. The number of piperazine rings is 1. The molecule has 7 rings (SSSR count). The highest BCUT2D eigenvalue weighted by atomic mass is 35.5. The fourth-order valence-electron chi connectivity index (χ4n) is 7.52. The molecule has 50 heavy (non-hydrogen) atoms. The summed E-state index contributed by atoms with van der Waals surface area (Å²) in [5.74, 6) is -0.640. The Labute approximate surface area is 296 Å². The van der Waals surface area contributed by atoms with Gasteiger partial charge in [-0.05, 0) is 43.9 Å². The zero-order valence-corrected chi connectivity index (χ0v) is 29.0. The number of aromatic nitrogens is 2. The molecule has 1 unspecified atom stereocenters. The van der Waals surface area contributed by atoms with Gasteiger partial charge in [0.1, 0.15) is 34.6 Å². The van der Waals surface area contributed by atoms with Crippen molar-refractivity contribution in [2.75, 3.05) is 73.6 Å². The van der Waals surface area contributed by atoms with Gasteiger partial charge in [0.25, 0.3) is 0 Å². The number of hydroxylamine groups is 1. The van der Waals surface area contributed by atoms with E-state index in [4.69, 9.17) is 21.2 Å². The molecule has 1 amide bonds. The van der Waals surface area contributed by atoms with Crippen LogP contribution in [0.5, 0.6) is 5.75 Å². The fraction of sp³-hybridized carbons (Fsp3) is 0.472. The summed E-state index contributed by atoms with van der Waals surface area (Å²) in [5.41, 5.74) is 2.26. The van der Waals surface area contributed by atoms with E-state index in [2.05, 4.69) is 41.9 Å². The van der Waals surface area contributed by atoms with E-state index in [0.717, 1.165) is 69.9 Å². The molecule has 0 spiro atoms. The Bertz CT molecular complexity index is 1710. The minimum Gasteiger partial charge on any atom is -0.494 e. The van der Waals surface area contributed by atoms with Crippen LogP contribution < -0.4 is 25.3 Å². The van der Waals surface area contributed by atoms with Crippen LogP contribution in [0.3, 0.4) is 0 Å². The van der Waals surface area contributed by atoms with Crippen molar-refractivity contribution in [3.63, 3.8) is 0 Å². The number of carbonyl (C=O) groups is 1. The molecule has 3 saturated heterocycles. The van der Waals surface area contributed by atoms with Gasteiger partial charge in [0.2, 0.25) is 5.91 Å². The maximum Gasteiger partial charge on any atom is 0.247 e. The Balaban J connectivity index is 1.08. The number of hydrogen-bond donors (Lipinski definition) is 2. The Kier molecular flexibility index (Phi) is 10.4. The molecule has 3 aromatic rings. The summed E-state index contributed by atoms with van der Waals surface area (Å²) in [6, 6.07) is 8.70. The van der Waals surface area contributed by atoms with Crippen LogP contribution in [0.1, 0.15) is 50.1 Å². The number of methoxy groups -OCH3 is 1.